The molecule has 0 radical (unpaired) electrons. The lowest BCUT2D eigenvalue weighted by Gasteiger charge is -2.57. The quantitative estimate of drug-likeness (QED) is 0.570. The van der Waals surface area contributed by atoms with Crippen molar-refractivity contribution in [2.45, 2.75) is 62.9 Å². The zero-order valence-electron chi connectivity index (χ0n) is 17.8. The summed E-state index contributed by atoms with van der Waals surface area (Å²) in [5.74, 6) is 0.863. The van der Waals surface area contributed by atoms with E-state index in [1.165, 1.54) is 0 Å². The number of halogens is 1. The molecule has 4 unspecified atom stereocenters. The first-order valence-corrected chi connectivity index (χ1v) is 11.5. The van der Waals surface area contributed by atoms with Crippen molar-refractivity contribution in [3.63, 3.8) is 0 Å². The fraction of sp³-hybridized carbons (Fsp3) is 0.520. The number of hydrogen-bond acceptors (Lipinski definition) is 5. The van der Waals surface area contributed by atoms with E-state index in [2.05, 4.69) is 6.07 Å². The lowest BCUT2D eigenvalue weighted by atomic mass is 9.61. The Hall–Kier alpha value is -1.63. The monoisotopic (exact) mass is 446 g/mol. The highest BCUT2D eigenvalue weighted by atomic mass is 35.5. The van der Waals surface area contributed by atoms with Gasteiger partial charge in [-0.15, -0.1) is 0 Å². The number of benzene rings is 2. The first-order valence-electron chi connectivity index (χ1n) is 11.1. The summed E-state index contributed by atoms with van der Waals surface area (Å²) in [6.45, 7) is 2.30. The summed E-state index contributed by atoms with van der Waals surface area (Å²) in [5, 5.41) is 30.8. The van der Waals surface area contributed by atoms with Gasteiger partial charge in [0.2, 0.25) is 0 Å². The standard InChI is InChI=1S/C25H31ClO5/c1-2-30-20-6-3-16(4-7-20)11-18-12-17(5-8-22(18)26)24-13-23(29)21-9-10-25(21,31-24)14-19(28)15-27/h3-8,12,19,21,23-24,27-29H,2,9-11,13-15H2,1H3/t19?,21-,23?,24?,25?/m1/s1. The molecule has 1 aliphatic heterocycles. The summed E-state index contributed by atoms with van der Waals surface area (Å²) in [6.07, 6.45) is 1.63. The maximum atomic E-state index is 10.7. The second-order valence-corrected chi connectivity index (χ2v) is 9.17. The molecule has 0 amide bonds. The minimum atomic E-state index is -0.839. The van der Waals surface area contributed by atoms with E-state index in [0.29, 0.717) is 30.9 Å². The molecule has 0 aromatic heterocycles. The summed E-state index contributed by atoms with van der Waals surface area (Å²) in [5.41, 5.74) is 2.54. The SMILES string of the molecule is CCOc1ccc(Cc2cc(C3CC(O)[C@H]4CCC4(CC(O)CO)O3)ccc2Cl)cc1. The number of fused-ring (bicyclic) bond motifs is 1. The number of hydrogen-bond donors (Lipinski definition) is 3. The lowest BCUT2D eigenvalue weighted by Crippen LogP contribution is -2.60. The maximum absolute atomic E-state index is 10.7. The van der Waals surface area contributed by atoms with Gasteiger partial charge in [0.25, 0.3) is 0 Å². The van der Waals surface area contributed by atoms with E-state index in [1.807, 2.05) is 43.3 Å². The van der Waals surface area contributed by atoms with Crippen molar-refractivity contribution < 1.29 is 24.8 Å². The van der Waals surface area contributed by atoms with Gasteiger partial charge in [-0.25, -0.2) is 0 Å². The second kappa shape index (κ2) is 9.47. The highest BCUT2D eigenvalue weighted by Gasteiger charge is 2.56. The van der Waals surface area contributed by atoms with Crippen molar-refractivity contribution >= 4 is 11.6 Å². The molecule has 168 valence electrons. The summed E-state index contributed by atoms with van der Waals surface area (Å²) >= 11 is 6.50. The van der Waals surface area contributed by atoms with Gasteiger partial charge in [0, 0.05) is 23.8 Å². The average Bonchev–Trinajstić information content (AvgIpc) is 2.74. The Balaban J connectivity index is 1.53. The van der Waals surface area contributed by atoms with Gasteiger partial charge in [-0.1, -0.05) is 35.9 Å². The number of aliphatic hydroxyl groups excluding tert-OH is 3. The Morgan fingerprint density at radius 2 is 2.00 bits per heavy atom. The van der Waals surface area contributed by atoms with E-state index in [4.69, 9.17) is 21.1 Å². The normalized spacial score (nSPS) is 28.5. The first kappa shape index (κ1) is 22.6. The maximum Gasteiger partial charge on any atom is 0.119 e. The molecule has 2 aromatic carbocycles. The molecule has 0 bridgehead atoms. The molecular formula is C25H31ClO5. The third kappa shape index (κ3) is 4.76. The molecular weight excluding hydrogens is 416 g/mol. The number of rotatable bonds is 8. The molecule has 1 saturated heterocycles. The summed E-state index contributed by atoms with van der Waals surface area (Å²) in [7, 11) is 0. The van der Waals surface area contributed by atoms with Crippen LogP contribution in [0.1, 0.15) is 55.4 Å². The number of ether oxygens (including phenoxy) is 2. The Bertz CT molecular complexity index is 886. The van der Waals surface area contributed by atoms with E-state index in [9.17, 15) is 15.3 Å². The van der Waals surface area contributed by atoms with Crippen LogP contribution < -0.4 is 4.74 Å². The number of aliphatic hydroxyl groups is 3. The van der Waals surface area contributed by atoms with Gasteiger partial charge < -0.3 is 24.8 Å². The van der Waals surface area contributed by atoms with Crippen LogP contribution >= 0.6 is 11.6 Å². The van der Waals surface area contributed by atoms with Gasteiger partial charge in [0.05, 0.1) is 37.1 Å². The van der Waals surface area contributed by atoms with E-state index < -0.39 is 17.8 Å². The molecule has 2 aliphatic rings. The Morgan fingerprint density at radius 1 is 1.23 bits per heavy atom. The van der Waals surface area contributed by atoms with E-state index >= 15 is 0 Å². The van der Waals surface area contributed by atoms with Crippen LogP contribution in [0, 0.1) is 5.92 Å². The van der Waals surface area contributed by atoms with E-state index in [0.717, 1.165) is 35.3 Å². The van der Waals surface area contributed by atoms with E-state index in [-0.39, 0.29) is 18.6 Å². The van der Waals surface area contributed by atoms with Crippen LogP contribution in [0.2, 0.25) is 5.02 Å². The van der Waals surface area contributed by atoms with Crippen molar-refractivity contribution in [3.05, 3.63) is 64.2 Å². The molecule has 2 aromatic rings. The van der Waals surface area contributed by atoms with Gasteiger partial charge in [-0.05, 0) is 61.1 Å². The molecule has 3 N–H and O–H groups in total. The fourth-order valence-electron chi connectivity index (χ4n) is 5.03. The summed E-state index contributed by atoms with van der Waals surface area (Å²) in [6, 6.07) is 13.9. The minimum absolute atomic E-state index is 0.0144. The van der Waals surface area contributed by atoms with Crippen molar-refractivity contribution in [2.75, 3.05) is 13.2 Å². The molecule has 2 fully saturated rings. The third-order valence-electron chi connectivity index (χ3n) is 6.71. The molecule has 5 atom stereocenters. The third-order valence-corrected chi connectivity index (χ3v) is 7.08. The zero-order valence-corrected chi connectivity index (χ0v) is 18.6. The fourth-order valence-corrected chi connectivity index (χ4v) is 5.21. The molecule has 6 heteroatoms. The van der Waals surface area contributed by atoms with Crippen molar-refractivity contribution in [3.8, 4) is 5.75 Å². The topological polar surface area (TPSA) is 79.2 Å². The highest BCUT2D eigenvalue weighted by molar-refractivity contribution is 6.31. The van der Waals surface area contributed by atoms with Gasteiger partial charge in [0.1, 0.15) is 5.75 Å². The van der Waals surface area contributed by atoms with Gasteiger partial charge in [0.15, 0.2) is 0 Å². The smallest absolute Gasteiger partial charge is 0.119 e. The predicted molar refractivity (Wildman–Crippen MR) is 119 cm³/mol. The molecule has 0 spiro atoms. The minimum Gasteiger partial charge on any atom is -0.494 e. The highest BCUT2D eigenvalue weighted by Crippen LogP contribution is 2.54. The largest absolute Gasteiger partial charge is 0.494 e. The van der Waals surface area contributed by atoms with Gasteiger partial charge in [-0.2, -0.15) is 0 Å². The molecule has 1 saturated carbocycles. The molecule has 1 heterocycles. The molecule has 5 nitrogen and oxygen atoms in total. The zero-order chi connectivity index (χ0) is 22.0. The molecule has 1 aliphatic carbocycles. The van der Waals surface area contributed by atoms with Crippen LogP contribution in [0.3, 0.4) is 0 Å². The second-order valence-electron chi connectivity index (χ2n) is 8.76. The Kier molecular flexibility index (Phi) is 6.89. The van der Waals surface area contributed by atoms with Crippen LogP contribution in [0.4, 0.5) is 0 Å². The van der Waals surface area contributed by atoms with Crippen LogP contribution in [0.25, 0.3) is 0 Å². The Labute approximate surface area is 188 Å². The molecule has 31 heavy (non-hydrogen) atoms. The summed E-state index contributed by atoms with van der Waals surface area (Å²) < 4.78 is 12.0. The lowest BCUT2D eigenvalue weighted by molar-refractivity contribution is -0.260. The Morgan fingerprint density at radius 3 is 2.65 bits per heavy atom. The van der Waals surface area contributed by atoms with E-state index in [1.54, 1.807) is 0 Å². The van der Waals surface area contributed by atoms with Crippen LogP contribution in [0.15, 0.2) is 42.5 Å². The first-order chi connectivity index (χ1) is 14.9. The average molecular weight is 447 g/mol. The summed E-state index contributed by atoms with van der Waals surface area (Å²) in [4.78, 5) is 0. The predicted octanol–water partition coefficient (Wildman–Crippen LogP) is 4.04. The molecule has 4 rings (SSSR count). The van der Waals surface area contributed by atoms with Crippen molar-refractivity contribution in [1.29, 1.82) is 0 Å². The van der Waals surface area contributed by atoms with Crippen molar-refractivity contribution in [1.82, 2.24) is 0 Å². The van der Waals surface area contributed by atoms with Crippen LogP contribution in [-0.4, -0.2) is 46.3 Å². The van der Waals surface area contributed by atoms with Gasteiger partial charge >= 0.3 is 0 Å². The van der Waals surface area contributed by atoms with Gasteiger partial charge in [-0.3, -0.25) is 0 Å². The van der Waals surface area contributed by atoms with Crippen LogP contribution in [0.5, 0.6) is 5.75 Å². The van der Waals surface area contributed by atoms with Crippen molar-refractivity contribution in [2.24, 2.45) is 5.92 Å². The van der Waals surface area contributed by atoms with Crippen LogP contribution in [-0.2, 0) is 11.2 Å².